The highest BCUT2D eigenvalue weighted by Gasteiger charge is 2.30. The van der Waals surface area contributed by atoms with E-state index in [1.54, 1.807) is 13.0 Å². The number of aliphatic hydroxyl groups is 2. The maximum Gasteiger partial charge on any atom is 0.165 e. The Balaban J connectivity index is 1.99. The zero-order valence-electron chi connectivity index (χ0n) is 11.2. The second-order valence-electron chi connectivity index (χ2n) is 5.44. The summed E-state index contributed by atoms with van der Waals surface area (Å²) in [6.07, 6.45) is 3.83. The van der Waals surface area contributed by atoms with Crippen LogP contribution in [-0.4, -0.2) is 22.4 Å². The van der Waals surface area contributed by atoms with E-state index in [0.29, 0.717) is 18.4 Å². The van der Waals surface area contributed by atoms with Crippen LogP contribution in [0.3, 0.4) is 0 Å². The SMILES string of the molecule is C[C@H](O)c1ccc(OCC2(O)CCCCC2)c(F)c1. The predicted molar refractivity (Wildman–Crippen MR) is 70.6 cm³/mol. The first kappa shape index (κ1) is 14.3. The van der Waals surface area contributed by atoms with Crippen LogP contribution in [0.15, 0.2) is 18.2 Å². The molecule has 19 heavy (non-hydrogen) atoms. The molecule has 0 aromatic heterocycles. The topological polar surface area (TPSA) is 49.7 Å². The van der Waals surface area contributed by atoms with Crippen molar-refractivity contribution in [3.05, 3.63) is 29.6 Å². The van der Waals surface area contributed by atoms with Crippen LogP contribution in [0.25, 0.3) is 0 Å². The normalized spacial score (nSPS) is 20.0. The number of hydrogen-bond donors (Lipinski definition) is 2. The smallest absolute Gasteiger partial charge is 0.165 e. The number of benzene rings is 1. The third-order valence-electron chi connectivity index (χ3n) is 3.72. The van der Waals surface area contributed by atoms with Crippen molar-refractivity contribution in [3.63, 3.8) is 0 Å². The number of aliphatic hydroxyl groups excluding tert-OH is 1. The van der Waals surface area contributed by atoms with Crippen LogP contribution >= 0.6 is 0 Å². The fourth-order valence-corrected chi connectivity index (χ4v) is 2.46. The van der Waals surface area contributed by atoms with Crippen LogP contribution in [-0.2, 0) is 0 Å². The number of halogens is 1. The van der Waals surface area contributed by atoms with Gasteiger partial charge in [0.15, 0.2) is 11.6 Å². The molecule has 0 aliphatic heterocycles. The van der Waals surface area contributed by atoms with Gasteiger partial charge in [-0.3, -0.25) is 0 Å². The van der Waals surface area contributed by atoms with Gasteiger partial charge in [0.25, 0.3) is 0 Å². The first-order chi connectivity index (χ1) is 9.00. The van der Waals surface area contributed by atoms with Gasteiger partial charge >= 0.3 is 0 Å². The van der Waals surface area contributed by atoms with Crippen LogP contribution in [0, 0.1) is 5.82 Å². The molecule has 0 heterocycles. The fourth-order valence-electron chi connectivity index (χ4n) is 2.46. The molecule has 4 heteroatoms. The Bertz CT molecular complexity index is 425. The van der Waals surface area contributed by atoms with E-state index in [4.69, 9.17) is 4.74 Å². The van der Waals surface area contributed by atoms with Crippen molar-refractivity contribution in [2.75, 3.05) is 6.61 Å². The summed E-state index contributed by atoms with van der Waals surface area (Å²) in [5.41, 5.74) is -0.311. The highest BCUT2D eigenvalue weighted by atomic mass is 19.1. The molecule has 1 fully saturated rings. The average Bonchev–Trinajstić information content (AvgIpc) is 2.38. The summed E-state index contributed by atoms with van der Waals surface area (Å²) in [7, 11) is 0. The van der Waals surface area contributed by atoms with E-state index in [1.807, 2.05) is 0 Å². The van der Waals surface area contributed by atoms with Crippen LogP contribution in [0.2, 0.25) is 0 Å². The maximum atomic E-state index is 13.8. The molecule has 0 radical (unpaired) electrons. The highest BCUT2D eigenvalue weighted by Crippen LogP contribution is 2.29. The summed E-state index contributed by atoms with van der Waals surface area (Å²) in [4.78, 5) is 0. The molecule has 2 N–H and O–H groups in total. The van der Waals surface area contributed by atoms with E-state index >= 15 is 0 Å². The van der Waals surface area contributed by atoms with Crippen molar-refractivity contribution in [2.24, 2.45) is 0 Å². The van der Waals surface area contributed by atoms with Gasteiger partial charge in [-0.2, -0.15) is 0 Å². The molecule has 0 amide bonds. The van der Waals surface area contributed by atoms with Crippen molar-refractivity contribution < 1.29 is 19.3 Å². The molecule has 1 aromatic rings. The van der Waals surface area contributed by atoms with E-state index in [0.717, 1.165) is 19.3 Å². The lowest BCUT2D eigenvalue weighted by Gasteiger charge is -2.31. The van der Waals surface area contributed by atoms with Crippen molar-refractivity contribution in [1.82, 2.24) is 0 Å². The molecule has 1 aliphatic rings. The molecule has 0 bridgehead atoms. The van der Waals surface area contributed by atoms with Crippen molar-refractivity contribution >= 4 is 0 Å². The lowest BCUT2D eigenvalue weighted by molar-refractivity contribution is -0.0347. The molecule has 0 unspecified atom stereocenters. The molecule has 1 saturated carbocycles. The Labute approximate surface area is 113 Å². The second kappa shape index (κ2) is 5.88. The van der Waals surface area contributed by atoms with Gasteiger partial charge in [-0.25, -0.2) is 4.39 Å². The third-order valence-corrected chi connectivity index (χ3v) is 3.72. The van der Waals surface area contributed by atoms with Gasteiger partial charge in [-0.15, -0.1) is 0 Å². The second-order valence-corrected chi connectivity index (χ2v) is 5.44. The quantitative estimate of drug-likeness (QED) is 0.882. The van der Waals surface area contributed by atoms with Gasteiger partial charge in [0.2, 0.25) is 0 Å². The standard InChI is InChI=1S/C15H21FO3/c1-11(17)12-5-6-14(13(16)9-12)19-10-15(18)7-3-2-4-8-15/h5-6,9,11,17-18H,2-4,7-8,10H2,1H3/t11-/m0/s1. The first-order valence-corrected chi connectivity index (χ1v) is 6.83. The highest BCUT2D eigenvalue weighted by molar-refractivity contribution is 5.30. The summed E-state index contributed by atoms with van der Waals surface area (Å²) in [6.45, 7) is 1.71. The zero-order chi connectivity index (χ0) is 13.9. The summed E-state index contributed by atoms with van der Waals surface area (Å²) >= 11 is 0. The Morgan fingerprint density at radius 2 is 2.00 bits per heavy atom. The van der Waals surface area contributed by atoms with Gasteiger partial charge in [-0.05, 0) is 37.5 Å². The molecule has 1 aromatic carbocycles. The van der Waals surface area contributed by atoms with Gasteiger partial charge < -0.3 is 14.9 Å². The number of ether oxygens (including phenoxy) is 1. The molecular weight excluding hydrogens is 247 g/mol. The summed E-state index contributed by atoms with van der Waals surface area (Å²) in [5.74, 6) is -0.374. The molecule has 2 rings (SSSR count). The van der Waals surface area contributed by atoms with Gasteiger partial charge in [0.1, 0.15) is 6.61 Å². The molecule has 0 spiro atoms. The molecule has 1 atom stereocenters. The lowest BCUT2D eigenvalue weighted by Crippen LogP contribution is -2.38. The third kappa shape index (κ3) is 3.67. The van der Waals surface area contributed by atoms with Crippen molar-refractivity contribution in [1.29, 1.82) is 0 Å². The summed E-state index contributed by atoms with van der Waals surface area (Å²) < 4.78 is 19.2. The number of hydrogen-bond acceptors (Lipinski definition) is 3. The van der Waals surface area contributed by atoms with Gasteiger partial charge in [0, 0.05) is 0 Å². The lowest BCUT2D eigenvalue weighted by atomic mass is 9.85. The minimum atomic E-state index is -0.826. The Morgan fingerprint density at radius 3 is 2.58 bits per heavy atom. The van der Waals surface area contributed by atoms with Crippen LogP contribution in [0.5, 0.6) is 5.75 Å². The Morgan fingerprint density at radius 1 is 1.32 bits per heavy atom. The van der Waals surface area contributed by atoms with E-state index < -0.39 is 17.5 Å². The minimum Gasteiger partial charge on any atom is -0.488 e. The van der Waals surface area contributed by atoms with E-state index in [-0.39, 0.29) is 12.4 Å². The first-order valence-electron chi connectivity index (χ1n) is 6.83. The Kier molecular flexibility index (Phi) is 4.42. The molecule has 3 nitrogen and oxygen atoms in total. The minimum absolute atomic E-state index is 0.123. The monoisotopic (exact) mass is 268 g/mol. The van der Waals surface area contributed by atoms with Crippen LogP contribution in [0.1, 0.15) is 50.7 Å². The summed E-state index contributed by atoms with van der Waals surface area (Å²) in [6, 6.07) is 4.41. The summed E-state index contributed by atoms with van der Waals surface area (Å²) in [5, 5.41) is 19.6. The van der Waals surface area contributed by atoms with E-state index in [9.17, 15) is 14.6 Å². The average molecular weight is 268 g/mol. The molecular formula is C15H21FO3. The largest absolute Gasteiger partial charge is 0.488 e. The Hall–Kier alpha value is -1.13. The van der Waals surface area contributed by atoms with Crippen molar-refractivity contribution in [3.8, 4) is 5.75 Å². The van der Waals surface area contributed by atoms with Crippen LogP contribution in [0.4, 0.5) is 4.39 Å². The van der Waals surface area contributed by atoms with Gasteiger partial charge in [0.05, 0.1) is 11.7 Å². The molecule has 0 saturated heterocycles. The van der Waals surface area contributed by atoms with Gasteiger partial charge in [-0.1, -0.05) is 25.3 Å². The predicted octanol–water partition coefficient (Wildman–Crippen LogP) is 2.95. The zero-order valence-corrected chi connectivity index (χ0v) is 11.2. The number of rotatable bonds is 4. The molecule has 1 aliphatic carbocycles. The molecule has 106 valence electrons. The van der Waals surface area contributed by atoms with Crippen molar-refractivity contribution in [2.45, 2.75) is 50.7 Å². The fraction of sp³-hybridized carbons (Fsp3) is 0.600. The maximum absolute atomic E-state index is 13.8. The van der Waals surface area contributed by atoms with Crippen LogP contribution < -0.4 is 4.74 Å². The van der Waals surface area contributed by atoms with E-state index in [2.05, 4.69) is 0 Å². The van der Waals surface area contributed by atoms with E-state index in [1.165, 1.54) is 12.1 Å².